The van der Waals surface area contributed by atoms with Crippen LogP contribution in [0.4, 0.5) is 10.2 Å². The molecule has 0 atom stereocenters. The zero-order chi connectivity index (χ0) is 18.7. The van der Waals surface area contributed by atoms with E-state index in [4.69, 9.17) is 4.52 Å². The van der Waals surface area contributed by atoms with Crippen molar-refractivity contribution >= 4 is 17.6 Å². The fraction of sp³-hybridized carbons (Fsp3) is 0.176. The second-order valence-corrected chi connectivity index (χ2v) is 5.68. The number of halogens is 1. The lowest BCUT2D eigenvalue weighted by molar-refractivity contribution is -0.115. The van der Waals surface area contributed by atoms with E-state index in [0.717, 1.165) is 0 Å². The number of nitrogens with zero attached hydrogens (tertiary/aromatic N) is 2. The summed E-state index contributed by atoms with van der Waals surface area (Å²) in [6.07, 6.45) is 0. The van der Waals surface area contributed by atoms with Crippen LogP contribution >= 0.6 is 0 Å². The third-order valence-electron chi connectivity index (χ3n) is 3.58. The fourth-order valence-electron chi connectivity index (χ4n) is 2.26. The number of benzene rings is 1. The summed E-state index contributed by atoms with van der Waals surface area (Å²) in [5, 5.41) is 15.2. The first kappa shape index (κ1) is 17.3. The maximum atomic E-state index is 13.3. The molecule has 3 rings (SSSR count). The molecule has 2 amide bonds. The lowest BCUT2D eigenvalue weighted by Crippen LogP contribution is -2.33. The summed E-state index contributed by atoms with van der Waals surface area (Å²) in [6.45, 7) is 3.10. The summed E-state index contributed by atoms with van der Waals surface area (Å²) in [6, 6.07) is 7.65. The Kier molecular flexibility index (Phi) is 4.78. The molecule has 0 bridgehead atoms. The minimum absolute atomic E-state index is 0.187. The number of carbonyl (C=O) groups is 2. The van der Waals surface area contributed by atoms with Gasteiger partial charge in [-0.25, -0.2) is 4.39 Å². The number of nitrogens with one attached hydrogen (secondary N) is 3. The van der Waals surface area contributed by atoms with Gasteiger partial charge in [-0.1, -0.05) is 5.16 Å². The molecule has 0 saturated heterocycles. The molecule has 8 nitrogen and oxygen atoms in total. The third-order valence-corrected chi connectivity index (χ3v) is 3.58. The smallest absolute Gasteiger partial charge is 0.269 e. The Morgan fingerprint density at radius 1 is 1.23 bits per heavy atom. The van der Waals surface area contributed by atoms with Gasteiger partial charge in [0, 0.05) is 11.6 Å². The number of H-pyrrole nitrogens is 1. The summed E-state index contributed by atoms with van der Waals surface area (Å²) in [7, 11) is 0. The summed E-state index contributed by atoms with van der Waals surface area (Å²) < 4.78 is 18.2. The van der Waals surface area contributed by atoms with Crippen LogP contribution in [0.3, 0.4) is 0 Å². The van der Waals surface area contributed by atoms with Crippen LogP contribution in [0.15, 0.2) is 34.9 Å². The van der Waals surface area contributed by atoms with Crippen molar-refractivity contribution in [2.24, 2.45) is 0 Å². The van der Waals surface area contributed by atoms with Gasteiger partial charge in [-0.05, 0) is 43.7 Å². The highest BCUT2D eigenvalue weighted by Crippen LogP contribution is 2.20. The summed E-state index contributed by atoms with van der Waals surface area (Å²) in [5.41, 5.74) is 1.85. The van der Waals surface area contributed by atoms with E-state index in [1.807, 2.05) is 0 Å². The van der Waals surface area contributed by atoms with Crippen molar-refractivity contribution in [3.63, 3.8) is 0 Å². The minimum Gasteiger partial charge on any atom is -0.360 e. The van der Waals surface area contributed by atoms with Gasteiger partial charge in [0.2, 0.25) is 5.91 Å². The van der Waals surface area contributed by atoms with Crippen molar-refractivity contribution in [2.45, 2.75) is 13.8 Å². The van der Waals surface area contributed by atoms with Crippen LogP contribution in [0.25, 0.3) is 11.3 Å². The predicted octanol–water partition coefficient (Wildman–Crippen LogP) is 2.19. The molecule has 3 N–H and O–H groups in total. The third kappa shape index (κ3) is 3.94. The van der Waals surface area contributed by atoms with Crippen molar-refractivity contribution in [3.05, 3.63) is 53.2 Å². The quantitative estimate of drug-likeness (QED) is 0.648. The Balaban J connectivity index is 1.59. The van der Waals surface area contributed by atoms with E-state index in [9.17, 15) is 14.0 Å². The Morgan fingerprint density at radius 3 is 2.73 bits per heavy atom. The molecule has 134 valence electrons. The average molecular weight is 357 g/mol. The van der Waals surface area contributed by atoms with Crippen LogP contribution in [0.5, 0.6) is 0 Å². The Bertz CT molecular complexity index is 963. The van der Waals surface area contributed by atoms with Crippen LogP contribution in [-0.2, 0) is 4.79 Å². The molecule has 0 aliphatic carbocycles. The molecular formula is C17H16FN5O3. The van der Waals surface area contributed by atoms with Gasteiger partial charge in [-0.2, -0.15) is 5.10 Å². The fourth-order valence-corrected chi connectivity index (χ4v) is 2.26. The Labute approximate surface area is 147 Å². The molecule has 1 aromatic carbocycles. The van der Waals surface area contributed by atoms with Crippen molar-refractivity contribution in [3.8, 4) is 11.3 Å². The predicted molar refractivity (Wildman–Crippen MR) is 90.9 cm³/mol. The molecular weight excluding hydrogens is 341 g/mol. The lowest BCUT2D eigenvalue weighted by atomic mass is 10.1. The average Bonchev–Trinajstić information content (AvgIpc) is 3.24. The molecule has 2 heterocycles. The Morgan fingerprint density at radius 2 is 2.04 bits per heavy atom. The van der Waals surface area contributed by atoms with Crippen molar-refractivity contribution in [1.29, 1.82) is 0 Å². The zero-order valence-electron chi connectivity index (χ0n) is 14.1. The van der Waals surface area contributed by atoms with Gasteiger partial charge in [-0.15, -0.1) is 0 Å². The monoisotopic (exact) mass is 357 g/mol. The molecule has 0 aliphatic heterocycles. The first-order chi connectivity index (χ1) is 12.4. The minimum atomic E-state index is -0.492. The van der Waals surface area contributed by atoms with E-state index in [1.165, 1.54) is 12.1 Å². The van der Waals surface area contributed by atoms with Gasteiger partial charge in [0.25, 0.3) is 5.91 Å². The first-order valence-electron chi connectivity index (χ1n) is 7.75. The largest absolute Gasteiger partial charge is 0.360 e. The number of aromatic amines is 1. The number of carbonyl (C=O) groups excluding carboxylic acids is 2. The van der Waals surface area contributed by atoms with Crippen LogP contribution in [0.1, 0.15) is 21.8 Å². The molecule has 0 spiro atoms. The highest BCUT2D eigenvalue weighted by molar-refractivity contribution is 5.98. The van der Waals surface area contributed by atoms with E-state index in [2.05, 4.69) is 26.0 Å². The summed E-state index contributed by atoms with van der Waals surface area (Å²) in [4.78, 5) is 23.9. The van der Waals surface area contributed by atoms with Gasteiger partial charge in [-0.3, -0.25) is 14.7 Å². The molecule has 0 fully saturated rings. The maximum absolute atomic E-state index is 13.3. The maximum Gasteiger partial charge on any atom is 0.269 e. The number of hydrogen-bond acceptors (Lipinski definition) is 5. The van der Waals surface area contributed by atoms with Crippen molar-refractivity contribution in [1.82, 2.24) is 20.7 Å². The number of amides is 2. The number of rotatable bonds is 5. The van der Waals surface area contributed by atoms with Crippen LogP contribution in [0.2, 0.25) is 0 Å². The molecule has 2 aromatic heterocycles. The van der Waals surface area contributed by atoms with Gasteiger partial charge in [0.1, 0.15) is 17.3 Å². The van der Waals surface area contributed by atoms with Crippen LogP contribution in [0, 0.1) is 19.7 Å². The van der Waals surface area contributed by atoms with Gasteiger partial charge < -0.3 is 15.2 Å². The second kappa shape index (κ2) is 7.18. The molecule has 26 heavy (non-hydrogen) atoms. The standard InChI is InChI=1S/C17H16FN5O3/c1-9-5-11(3-4-12(9)18)13-7-14(22-21-13)17(25)19-8-16(24)20-15-6-10(2)26-23-15/h3-7H,8H2,1-2H3,(H,19,25)(H,21,22)(H,20,23,24). The van der Waals surface area contributed by atoms with E-state index in [1.54, 1.807) is 32.0 Å². The summed E-state index contributed by atoms with van der Waals surface area (Å²) in [5.74, 6) is -0.409. The normalized spacial score (nSPS) is 10.6. The first-order valence-corrected chi connectivity index (χ1v) is 7.75. The van der Waals surface area contributed by atoms with Gasteiger partial charge in [0.05, 0.1) is 12.2 Å². The molecule has 0 radical (unpaired) electrons. The lowest BCUT2D eigenvalue weighted by Gasteiger charge is -2.03. The van der Waals surface area contributed by atoms with Crippen LogP contribution in [-0.4, -0.2) is 33.7 Å². The van der Waals surface area contributed by atoms with Crippen molar-refractivity contribution in [2.75, 3.05) is 11.9 Å². The molecule has 0 unspecified atom stereocenters. The highest BCUT2D eigenvalue weighted by Gasteiger charge is 2.13. The summed E-state index contributed by atoms with van der Waals surface area (Å²) >= 11 is 0. The van der Waals surface area contributed by atoms with Gasteiger partial charge in [0.15, 0.2) is 5.82 Å². The van der Waals surface area contributed by atoms with Crippen molar-refractivity contribution < 1.29 is 18.5 Å². The number of anilines is 1. The Hall–Kier alpha value is -3.49. The van der Waals surface area contributed by atoms with E-state index < -0.39 is 11.8 Å². The topological polar surface area (TPSA) is 113 Å². The second-order valence-electron chi connectivity index (χ2n) is 5.68. The van der Waals surface area contributed by atoms with E-state index in [0.29, 0.717) is 22.6 Å². The van der Waals surface area contributed by atoms with E-state index in [-0.39, 0.29) is 23.9 Å². The highest BCUT2D eigenvalue weighted by atomic mass is 19.1. The zero-order valence-corrected chi connectivity index (χ0v) is 14.1. The number of aryl methyl sites for hydroxylation is 2. The number of hydrogen-bond donors (Lipinski definition) is 3. The van der Waals surface area contributed by atoms with Gasteiger partial charge >= 0.3 is 0 Å². The molecule has 9 heteroatoms. The number of aromatic nitrogens is 3. The molecule has 3 aromatic rings. The van der Waals surface area contributed by atoms with E-state index >= 15 is 0 Å². The SMILES string of the molecule is Cc1cc(NC(=O)CNC(=O)c2cc(-c3ccc(F)c(C)c3)n[nH]2)no1. The molecule has 0 aliphatic rings. The van der Waals surface area contributed by atoms with Crippen LogP contribution < -0.4 is 10.6 Å². The molecule has 0 saturated carbocycles.